The van der Waals surface area contributed by atoms with E-state index in [0.717, 1.165) is 31.6 Å². The lowest BCUT2D eigenvalue weighted by molar-refractivity contribution is -0.118. The maximum absolute atomic E-state index is 11.8. The predicted molar refractivity (Wildman–Crippen MR) is 85.3 cm³/mol. The van der Waals surface area contributed by atoms with Crippen molar-refractivity contribution in [3.8, 4) is 0 Å². The van der Waals surface area contributed by atoms with Crippen molar-refractivity contribution in [3.63, 3.8) is 0 Å². The van der Waals surface area contributed by atoms with Crippen molar-refractivity contribution in [1.82, 2.24) is 4.90 Å². The summed E-state index contributed by atoms with van der Waals surface area (Å²) in [5.74, 6) is 0.116. The number of carbonyl (C=O) groups is 1. The van der Waals surface area contributed by atoms with Crippen LogP contribution in [0.2, 0.25) is 5.02 Å². The van der Waals surface area contributed by atoms with Crippen molar-refractivity contribution in [2.45, 2.75) is 39.2 Å². The minimum Gasteiger partial charge on any atom is -0.326 e. The molecule has 112 valence electrons. The van der Waals surface area contributed by atoms with E-state index < -0.39 is 0 Å². The first kappa shape index (κ1) is 17.2. The Kier molecular flexibility index (Phi) is 7.20. The van der Waals surface area contributed by atoms with Gasteiger partial charge in [0.05, 0.1) is 5.92 Å². The lowest BCUT2D eigenvalue weighted by Crippen LogP contribution is -2.32. The summed E-state index contributed by atoms with van der Waals surface area (Å²) in [6.45, 7) is 8.27. The van der Waals surface area contributed by atoms with Crippen molar-refractivity contribution in [2.24, 2.45) is 5.73 Å². The quantitative estimate of drug-likeness (QED) is 0.929. The average Bonchev–Trinajstić information content (AvgIpc) is 2.85. The average molecular weight is 297 g/mol. The number of nitrogens with two attached hydrogens (primary N) is 1. The van der Waals surface area contributed by atoms with E-state index in [9.17, 15) is 4.79 Å². The van der Waals surface area contributed by atoms with Crippen LogP contribution in [0.1, 0.15) is 38.7 Å². The summed E-state index contributed by atoms with van der Waals surface area (Å²) in [6, 6.07) is 7.79. The molecule has 1 fully saturated rings. The molecule has 0 spiro atoms. The highest BCUT2D eigenvalue weighted by Crippen LogP contribution is 2.22. The first-order chi connectivity index (χ1) is 9.56. The van der Waals surface area contributed by atoms with Crippen LogP contribution < -0.4 is 5.73 Å². The molecule has 2 unspecified atom stereocenters. The lowest BCUT2D eigenvalue weighted by Gasteiger charge is -2.22. The molecule has 1 aliphatic heterocycles. The van der Waals surface area contributed by atoms with Crippen LogP contribution in [0.4, 0.5) is 0 Å². The largest absolute Gasteiger partial charge is 0.326 e. The molecule has 0 aromatic heterocycles. The summed E-state index contributed by atoms with van der Waals surface area (Å²) < 4.78 is 0. The highest BCUT2D eigenvalue weighted by Gasteiger charge is 2.25. The smallest absolute Gasteiger partial charge is 0.138 e. The fourth-order valence-electron chi connectivity index (χ4n) is 2.45. The third kappa shape index (κ3) is 4.89. The first-order valence-electron chi connectivity index (χ1n) is 7.30. The van der Waals surface area contributed by atoms with Gasteiger partial charge in [0.2, 0.25) is 0 Å². The Morgan fingerprint density at radius 3 is 2.45 bits per heavy atom. The number of hydrogen-bond acceptors (Lipinski definition) is 3. The number of nitrogens with zero attached hydrogens (tertiary/aromatic N) is 1. The topological polar surface area (TPSA) is 46.3 Å². The molecular formula is C16H25ClN2O. The molecule has 1 aromatic carbocycles. The second kappa shape index (κ2) is 8.40. The minimum absolute atomic E-state index is 0.0763. The van der Waals surface area contributed by atoms with Gasteiger partial charge in [0.15, 0.2) is 0 Å². The summed E-state index contributed by atoms with van der Waals surface area (Å²) in [5.41, 5.74) is 6.93. The van der Waals surface area contributed by atoms with E-state index in [0.29, 0.717) is 5.02 Å². The van der Waals surface area contributed by atoms with Crippen LogP contribution in [0, 0.1) is 0 Å². The molecule has 0 radical (unpaired) electrons. The Morgan fingerprint density at radius 1 is 1.40 bits per heavy atom. The van der Waals surface area contributed by atoms with E-state index in [1.807, 2.05) is 38.1 Å². The summed E-state index contributed by atoms with van der Waals surface area (Å²) in [7, 11) is 0. The number of ketones is 1. The second-order valence-electron chi connectivity index (χ2n) is 5.02. The third-order valence-corrected chi connectivity index (χ3v) is 3.76. The van der Waals surface area contributed by atoms with Gasteiger partial charge < -0.3 is 10.6 Å². The van der Waals surface area contributed by atoms with Gasteiger partial charge in [0, 0.05) is 24.2 Å². The molecule has 0 amide bonds. The molecule has 2 atom stereocenters. The zero-order chi connectivity index (χ0) is 15.1. The van der Waals surface area contributed by atoms with E-state index in [1.54, 1.807) is 6.92 Å². The normalized spacial score (nSPS) is 20.1. The molecule has 1 aliphatic rings. The molecule has 2 N–H and O–H groups in total. The Labute approximate surface area is 127 Å². The molecule has 0 saturated carbocycles. The zero-order valence-corrected chi connectivity index (χ0v) is 13.4. The van der Waals surface area contributed by atoms with Crippen molar-refractivity contribution in [3.05, 3.63) is 34.9 Å². The summed E-state index contributed by atoms with van der Waals surface area (Å²) in [5, 5.41) is 0.698. The van der Waals surface area contributed by atoms with Crippen LogP contribution in [0.5, 0.6) is 0 Å². The van der Waals surface area contributed by atoms with Crippen LogP contribution in [0.15, 0.2) is 24.3 Å². The van der Waals surface area contributed by atoms with E-state index >= 15 is 0 Å². The zero-order valence-electron chi connectivity index (χ0n) is 12.6. The summed E-state index contributed by atoms with van der Waals surface area (Å²) >= 11 is 5.87. The molecule has 3 nitrogen and oxygen atoms in total. The Hall–Kier alpha value is -0.900. The number of rotatable bonds is 4. The van der Waals surface area contributed by atoms with Crippen LogP contribution >= 0.6 is 11.6 Å². The van der Waals surface area contributed by atoms with Crippen LogP contribution in [0.25, 0.3) is 0 Å². The predicted octanol–water partition coefficient (Wildman–Crippen LogP) is 3.07. The van der Waals surface area contributed by atoms with Crippen molar-refractivity contribution in [2.75, 3.05) is 19.6 Å². The first-order valence-corrected chi connectivity index (χ1v) is 7.68. The van der Waals surface area contributed by atoms with Gasteiger partial charge in [-0.15, -0.1) is 0 Å². The van der Waals surface area contributed by atoms with E-state index in [4.69, 9.17) is 17.3 Å². The Morgan fingerprint density at radius 2 is 2.00 bits per heavy atom. The fraction of sp³-hybridized carbons (Fsp3) is 0.562. The number of benzene rings is 1. The lowest BCUT2D eigenvalue weighted by atomic mass is 9.95. The maximum atomic E-state index is 11.8. The molecule has 1 aromatic rings. The highest BCUT2D eigenvalue weighted by atomic mass is 35.5. The van der Waals surface area contributed by atoms with Crippen LogP contribution in [-0.2, 0) is 4.79 Å². The molecule has 0 aliphatic carbocycles. The third-order valence-electron chi connectivity index (χ3n) is 3.51. The highest BCUT2D eigenvalue weighted by molar-refractivity contribution is 6.30. The fourth-order valence-corrected chi connectivity index (χ4v) is 2.58. The van der Waals surface area contributed by atoms with Gasteiger partial charge in [0.25, 0.3) is 0 Å². The van der Waals surface area contributed by atoms with Crippen molar-refractivity contribution < 1.29 is 4.79 Å². The molecule has 1 heterocycles. The number of halogens is 1. The van der Waals surface area contributed by atoms with E-state index in [2.05, 4.69) is 4.90 Å². The van der Waals surface area contributed by atoms with E-state index in [-0.39, 0.29) is 17.7 Å². The van der Waals surface area contributed by atoms with Gasteiger partial charge in [-0.25, -0.2) is 0 Å². The number of likely N-dealkylation sites (tertiary alicyclic amines) is 1. The number of hydrogen-bond donors (Lipinski definition) is 1. The molecule has 20 heavy (non-hydrogen) atoms. The number of carbonyl (C=O) groups excluding carboxylic acids is 1. The molecule has 1 saturated heterocycles. The van der Waals surface area contributed by atoms with Crippen molar-refractivity contribution in [1.29, 1.82) is 0 Å². The Bertz CT molecular complexity index is 419. The minimum atomic E-state index is -0.0763. The summed E-state index contributed by atoms with van der Waals surface area (Å²) in [6.07, 6.45) is 1.02. The number of Topliss-reactive ketones (excluding diaryl/α,β-unsaturated/α-hetero) is 1. The maximum Gasteiger partial charge on any atom is 0.138 e. The molecule has 4 heteroatoms. The Balaban J connectivity index is 0.000000956. The van der Waals surface area contributed by atoms with Crippen LogP contribution in [0.3, 0.4) is 0 Å². The monoisotopic (exact) mass is 296 g/mol. The second-order valence-corrected chi connectivity index (χ2v) is 5.46. The van der Waals surface area contributed by atoms with Gasteiger partial charge >= 0.3 is 0 Å². The van der Waals surface area contributed by atoms with Gasteiger partial charge in [-0.3, -0.25) is 4.79 Å². The summed E-state index contributed by atoms with van der Waals surface area (Å²) in [4.78, 5) is 14.1. The van der Waals surface area contributed by atoms with Gasteiger partial charge in [-0.2, -0.15) is 0 Å². The van der Waals surface area contributed by atoms with Crippen LogP contribution in [-0.4, -0.2) is 36.4 Å². The van der Waals surface area contributed by atoms with Gasteiger partial charge in [-0.1, -0.05) is 37.6 Å². The molecular weight excluding hydrogens is 272 g/mol. The van der Waals surface area contributed by atoms with Crippen molar-refractivity contribution >= 4 is 17.4 Å². The SMILES string of the molecule is CC.CC(=O)C(CN1CCC(N)C1)c1ccc(Cl)cc1. The molecule has 0 bridgehead atoms. The van der Waals surface area contributed by atoms with E-state index in [1.165, 1.54) is 0 Å². The van der Waals surface area contributed by atoms with Gasteiger partial charge in [-0.05, 0) is 37.6 Å². The standard InChI is InChI=1S/C14H19ClN2O.C2H6/c1-10(18)14(9-17-7-6-13(16)8-17)11-2-4-12(15)5-3-11;1-2/h2-5,13-14H,6-9,16H2,1H3;1-2H3. The van der Waals surface area contributed by atoms with Gasteiger partial charge in [0.1, 0.15) is 5.78 Å². The molecule has 2 rings (SSSR count).